The summed E-state index contributed by atoms with van der Waals surface area (Å²) in [5.41, 5.74) is 4.22. The molecule has 2 heterocycles. The molecule has 4 rings (SSSR count). The number of carbonyl (C=O) groups is 2. The Morgan fingerprint density at radius 3 is 2.09 bits per heavy atom. The van der Waals surface area contributed by atoms with E-state index in [0.29, 0.717) is 47.1 Å². The van der Waals surface area contributed by atoms with Crippen molar-refractivity contribution in [3.8, 4) is 11.5 Å². The molecule has 0 unspecified atom stereocenters. The van der Waals surface area contributed by atoms with E-state index in [4.69, 9.17) is 9.47 Å². The summed E-state index contributed by atoms with van der Waals surface area (Å²) in [6, 6.07) is 11.0. The number of amides is 2. The van der Waals surface area contributed by atoms with Gasteiger partial charge in [0.15, 0.2) is 11.5 Å². The Hall–Kier alpha value is -3.32. The first-order chi connectivity index (χ1) is 15.3. The van der Waals surface area contributed by atoms with Crippen LogP contribution in [0.25, 0.3) is 5.57 Å². The fraction of sp³-hybridized carbons (Fsp3) is 0.360. The first-order valence-corrected chi connectivity index (χ1v) is 10.7. The van der Waals surface area contributed by atoms with Gasteiger partial charge in [-0.1, -0.05) is 12.1 Å². The van der Waals surface area contributed by atoms with E-state index in [1.54, 1.807) is 26.4 Å². The summed E-state index contributed by atoms with van der Waals surface area (Å²) < 4.78 is 10.8. The van der Waals surface area contributed by atoms with Gasteiger partial charge in [0.25, 0.3) is 11.8 Å². The molecule has 2 amide bonds. The van der Waals surface area contributed by atoms with E-state index < -0.39 is 0 Å². The number of imide groups is 1. The second kappa shape index (κ2) is 8.67. The summed E-state index contributed by atoms with van der Waals surface area (Å²) in [5, 5.41) is 0. The summed E-state index contributed by atoms with van der Waals surface area (Å²) in [6.07, 6.45) is 0. The van der Waals surface area contributed by atoms with Crippen molar-refractivity contribution in [1.29, 1.82) is 0 Å². The predicted octanol–water partition coefficient (Wildman–Crippen LogP) is 2.85. The van der Waals surface area contributed by atoms with Crippen molar-refractivity contribution in [1.82, 2.24) is 9.80 Å². The lowest BCUT2D eigenvalue weighted by Gasteiger charge is -2.34. The van der Waals surface area contributed by atoms with Crippen LogP contribution in [-0.4, -0.2) is 69.1 Å². The molecule has 0 aromatic heterocycles. The van der Waals surface area contributed by atoms with Crippen LogP contribution in [0.15, 0.2) is 42.1 Å². The monoisotopic (exact) mass is 435 g/mol. The molecule has 0 spiro atoms. The van der Waals surface area contributed by atoms with Gasteiger partial charge in [-0.25, -0.2) is 4.90 Å². The second-order valence-electron chi connectivity index (χ2n) is 8.30. The van der Waals surface area contributed by atoms with E-state index in [2.05, 4.69) is 11.9 Å². The number of rotatable bonds is 5. The Balaban J connectivity index is 1.84. The number of hydrogen-bond acceptors (Lipinski definition) is 6. The molecular formula is C25H29N3O4. The van der Waals surface area contributed by atoms with Crippen molar-refractivity contribution in [3.63, 3.8) is 0 Å². The van der Waals surface area contributed by atoms with Crippen molar-refractivity contribution in [3.05, 3.63) is 58.8 Å². The number of benzene rings is 2. The molecule has 0 atom stereocenters. The molecule has 7 nitrogen and oxygen atoms in total. The summed E-state index contributed by atoms with van der Waals surface area (Å²) in [6.45, 7) is 7.01. The molecule has 168 valence electrons. The molecular weight excluding hydrogens is 406 g/mol. The van der Waals surface area contributed by atoms with Crippen LogP contribution < -0.4 is 14.4 Å². The normalized spacial score (nSPS) is 17.4. The molecule has 7 heteroatoms. The zero-order valence-corrected chi connectivity index (χ0v) is 19.3. The third-order valence-electron chi connectivity index (χ3n) is 6.30. The maximum atomic E-state index is 13.7. The smallest absolute Gasteiger partial charge is 0.282 e. The molecule has 1 fully saturated rings. The van der Waals surface area contributed by atoms with Gasteiger partial charge in [0.1, 0.15) is 5.70 Å². The molecule has 0 bridgehead atoms. The number of ether oxygens (including phenoxy) is 2. The van der Waals surface area contributed by atoms with Gasteiger partial charge < -0.3 is 19.3 Å². The van der Waals surface area contributed by atoms with Crippen LogP contribution in [0, 0.1) is 13.8 Å². The van der Waals surface area contributed by atoms with Gasteiger partial charge in [-0.05, 0) is 61.9 Å². The number of methoxy groups -OCH3 is 2. The number of carbonyl (C=O) groups excluding carboxylic acids is 2. The van der Waals surface area contributed by atoms with Crippen LogP contribution in [-0.2, 0) is 9.59 Å². The Bertz CT molecular complexity index is 1100. The quantitative estimate of drug-likeness (QED) is 0.673. The first kappa shape index (κ1) is 21.9. The first-order valence-electron chi connectivity index (χ1n) is 10.7. The third-order valence-corrected chi connectivity index (χ3v) is 6.30. The maximum Gasteiger partial charge on any atom is 0.282 e. The van der Waals surface area contributed by atoms with Crippen LogP contribution in [0.3, 0.4) is 0 Å². The van der Waals surface area contributed by atoms with Gasteiger partial charge in [-0.2, -0.15) is 0 Å². The summed E-state index contributed by atoms with van der Waals surface area (Å²) in [5.74, 6) is 0.480. The van der Waals surface area contributed by atoms with E-state index in [1.165, 1.54) is 4.90 Å². The zero-order chi connectivity index (χ0) is 23.0. The molecule has 32 heavy (non-hydrogen) atoms. The lowest BCUT2D eigenvalue weighted by molar-refractivity contribution is -0.120. The van der Waals surface area contributed by atoms with Gasteiger partial charge in [0, 0.05) is 26.2 Å². The van der Waals surface area contributed by atoms with Crippen molar-refractivity contribution in [2.24, 2.45) is 0 Å². The molecule has 0 aliphatic carbocycles. The summed E-state index contributed by atoms with van der Waals surface area (Å²) in [7, 11) is 5.18. The van der Waals surface area contributed by atoms with Crippen LogP contribution in [0.1, 0.15) is 16.7 Å². The average Bonchev–Trinajstić information content (AvgIpc) is 3.05. The highest BCUT2D eigenvalue weighted by atomic mass is 16.5. The predicted molar refractivity (Wildman–Crippen MR) is 124 cm³/mol. The van der Waals surface area contributed by atoms with Crippen molar-refractivity contribution in [2.75, 3.05) is 52.3 Å². The molecule has 1 saturated heterocycles. The minimum atomic E-state index is -0.320. The van der Waals surface area contributed by atoms with Gasteiger partial charge in [-0.3, -0.25) is 9.59 Å². The minimum Gasteiger partial charge on any atom is -0.493 e. The Morgan fingerprint density at radius 2 is 1.47 bits per heavy atom. The molecule has 2 aromatic carbocycles. The molecule has 2 aliphatic rings. The van der Waals surface area contributed by atoms with Crippen molar-refractivity contribution >= 4 is 23.1 Å². The van der Waals surface area contributed by atoms with Crippen LogP contribution in [0.4, 0.5) is 5.69 Å². The Kier molecular flexibility index (Phi) is 5.93. The lowest BCUT2D eigenvalue weighted by Crippen LogP contribution is -2.46. The lowest BCUT2D eigenvalue weighted by atomic mass is 10.0. The number of nitrogens with zero attached hydrogens (tertiary/aromatic N) is 3. The topological polar surface area (TPSA) is 62.3 Å². The molecule has 0 N–H and O–H groups in total. The number of aryl methyl sites for hydroxylation is 2. The van der Waals surface area contributed by atoms with Gasteiger partial charge in [0.2, 0.25) is 0 Å². The highest BCUT2D eigenvalue weighted by Crippen LogP contribution is 2.38. The summed E-state index contributed by atoms with van der Waals surface area (Å²) >= 11 is 0. The molecule has 0 radical (unpaired) electrons. The standard InChI is InChI=1S/C25H29N3O4/c1-16-6-8-19(14-17(16)2)28-24(29)22(18-7-9-20(31-4)21(15-18)32-5)23(25(28)30)27-12-10-26(3)11-13-27/h6-9,14-15H,10-13H2,1-5H3. The van der Waals surface area contributed by atoms with E-state index >= 15 is 0 Å². The zero-order valence-electron chi connectivity index (χ0n) is 19.3. The van der Waals surface area contributed by atoms with Crippen LogP contribution in [0.5, 0.6) is 11.5 Å². The van der Waals surface area contributed by atoms with Crippen LogP contribution in [0.2, 0.25) is 0 Å². The van der Waals surface area contributed by atoms with E-state index in [9.17, 15) is 9.59 Å². The average molecular weight is 436 g/mol. The fourth-order valence-corrected chi connectivity index (χ4v) is 4.19. The fourth-order valence-electron chi connectivity index (χ4n) is 4.19. The third kappa shape index (κ3) is 3.73. The molecule has 2 aliphatic heterocycles. The number of piperazine rings is 1. The van der Waals surface area contributed by atoms with E-state index in [0.717, 1.165) is 24.2 Å². The summed E-state index contributed by atoms with van der Waals surface area (Å²) in [4.78, 5) is 33.0. The Labute approximate surface area is 188 Å². The number of hydrogen-bond donors (Lipinski definition) is 0. The highest BCUT2D eigenvalue weighted by Gasteiger charge is 2.43. The molecule has 0 saturated carbocycles. The van der Waals surface area contributed by atoms with E-state index in [1.807, 2.05) is 43.0 Å². The largest absolute Gasteiger partial charge is 0.493 e. The maximum absolute atomic E-state index is 13.7. The van der Waals surface area contributed by atoms with Gasteiger partial charge in [0.05, 0.1) is 25.5 Å². The van der Waals surface area contributed by atoms with E-state index in [-0.39, 0.29) is 11.8 Å². The van der Waals surface area contributed by atoms with Gasteiger partial charge in [-0.15, -0.1) is 0 Å². The van der Waals surface area contributed by atoms with Crippen molar-refractivity contribution in [2.45, 2.75) is 13.8 Å². The van der Waals surface area contributed by atoms with Gasteiger partial charge >= 0.3 is 0 Å². The SMILES string of the molecule is COc1ccc(C2=C(N3CCN(C)CC3)C(=O)N(c3ccc(C)c(C)c3)C2=O)cc1OC. The Morgan fingerprint density at radius 1 is 0.781 bits per heavy atom. The van der Waals surface area contributed by atoms with Crippen LogP contribution >= 0.6 is 0 Å². The number of anilines is 1. The highest BCUT2D eigenvalue weighted by molar-refractivity contribution is 6.45. The minimum absolute atomic E-state index is 0.285. The number of likely N-dealkylation sites (N-methyl/N-ethyl adjacent to an activating group) is 1. The second-order valence-corrected chi connectivity index (χ2v) is 8.30. The van der Waals surface area contributed by atoms with Crippen molar-refractivity contribution < 1.29 is 19.1 Å². The molecule has 2 aromatic rings.